The smallest absolute Gasteiger partial charge is 0.415 e. The first kappa shape index (κ1) is 26.4. The quantitative estimate of drug-likeness (QED) is 0.654. The van der Waals surface area contributed by atoms with Crippen LogP contribution in [0.3, 0.4) is 0 Å². The van der Waals surface area contributed by atoms with Gasteiger partial charge in [-0.1, -0.05) is 12.1 Å². The number of carbonyl (C=O) groups excluding carboxylic acids is 2. The number of likely N-dealkylation sites (N-methyl/N-ethyl adjacent to an activating group) is 1. The Bertz CT molecular complexity index is 966. The van der Waals surface area contributed by atoms with Crippen molar-refractivity contribution in [3.8, 4) is 11.5 Å². The van der Waals surface area contributed by atoms with Crippen LogP contribution >= 0.6 is 0 Å². The van der Waals surface area contributed by atoms with Crippen molar-refractivity contribution >= 4 is 12.0 Å². The van der Waals surface area contributed by atoms with Gasteiger partial charge in [-0.25, -0.2) is 9.48 Å². The van der Waals surface area contributed by atoms with Crippen molar-refractivity contribution in [2.75, 3.05) is 33.9 Å². The average Bonchev–Trinajstić information content (AvgIpc) is 3.31. The highest BCUT2D eigenvalue weighted by molar-refractivity contribution is 5.76. The van der Waals surface area contributed by atoms with E-state index in [2.05, 4.69) is 10.3 Å². The topological polar surface area (TPSA) is 119 Å². The number of nitrogens with zero attached hydrogens (tertiary/aromatic N) is 5. The summed E-state index contributed by atoms with van der Waals surface area (Å²) >= 11 is 0. The predicted octanol–water partition coefficient (Wildman–Crippen LogP) is 1.94. The Morgan fingerprint density at radius 1 is 1.31 bits per heavy atom. The van der Waals surface area contributed by atoms with Gasteiger partial charge in [0, 0.05) is 32.5 Å². The van der Waals surface area contributed by atoms with Crippen molar-refractivity contribution in [1.29, 1.82) is 0 Å². The summed E-state index contributed by atoms with van der Waals surface area (Å²) in [6, 6.07) is 6.42. The molecule has 0 saturated carbocycles. The normalized spacial score (nSPS) is 20.3. The number of ether oxygens (including phenoxy) is 3. The predicted molar refractivity (Wildman–Crippen MR) is 127 cm³/mol. The molecule has 2 aromatic rings. The van der Waals surface area contributed by atoms with Crippen LogP contribution in [0.25, 0.3) is 0 Å². The molecule has 2 heterocycles. The van der Waals surface area contributed by atoms with Gasteiger partial charge in [-0.05, 0) is 37.6 Å². The molecule has 35 heavy (non-hydrogen) atoms. The van der Waals surface area contributed by atoms with Crippen molar-refractivity contribution in [3.63, 3.8) is 0 Å². The highest BCUT2D eigenvalue weighted by Crippen LogP contribution is 2.20. The van der Waals surface area contributed by atoms with Crippen molar-refractivity contribution < 1.29 is 28.9 Å². The number of hydrogen-bond donors (Lipinski definition) is 1. The van der Waals surface area contributed by atoms with Gasteiger partial charge in [-0.15, -0.1) is 5.10 Å². The molecule has 1 aromatic carbocycles. The molecule has 0 aliphatic carbocycles. The van der Waals surface area contributed by atoms with E-state index in [9.17, 15) is 14.7 Å². The van der Waals surface area contributed by atoms with E-state index in [-0.39, 0.29) is 37.6 Å². The molecule has 1 aromatic heterocycles. The minimum absolute atomic E-state index is 0.0355. The van der Waals surface area contributed by atoms with E-state index >= 15 is 0 Å². The van der Waals surface area contributed by atoms with E-state index in [1.54, 1.807) is 54.2 Å². The van der Waals surface area contributed by atoms with E-state index in [0.717, 1.165) is 5.69 Å². The Balaban J connectivity index is 1.74. The molecule has 192 valence electrons. The molecule has 0 bridgehead atoms. The second-order valence-electron chi connectivity index (χ2n) is 8.88. The SMILES string of the molecule is COc1ccc(OC(=O)N(C)C[C@H]2OCc3cnnn3CCCC(=O)N([C@@H](C)CO)C[C@H]2C)cc1. The Hall–Kier alpha value is -3.18. The number of aliphatic hydroxyl groups excluding tert-OH is 1. The van der Waals surface area contributed by atoms with Gasteiger partial charge in [-0.3, -0.25) is 4.79 Å². The van der Waals surface area contributed by atoms with Gasteiger partial charge < -0.3 is 29.1 Å². The van der Waals surface area contributed by atoms with Gasteiger partial charge in [0.15, 0.2) is 0 Å². The first-order valence-corrected chi connectivity index (χ1v) is 11.8. The molecule has 11 nitrogen and oxygen atoms in total. The number of aliphatic hydroxyl groups is 1. The van der Waals surface area contributed by atoms with Gasteiger partial charge >= 0.3 is 6.09 Å². The van der Waals surface area contributed by atoms with Gasteiger partial charge in [0.25, 0.3) is 0 Å². The van der Waals surface area contributed by atoms with E-state index < -0.39 is 12.2 Å². The molecule has 0 spiro atoms. The van der Waals surface area contributed by atoms with E-state index in [4.69, 9.17) is 14.2 Å². The molecule has 0 unspecified atom stereocenters. The first-order valence-electron chi connectivity index (χ1n) is 11.8. The summed E-state index contributed by atoms with van der Waals surface area (Å²) in [4.78, 5) is 28.8. The van der Waals surface area contributed by atoms with Gasteiger partial charge in [0.1, 0.15) is 11.5 Å². The minimum Gasteiger partial charge on any atom is -0.497 e. The molecule has 0 radical (unpaired) electrons. The number of aryl methyl sites for hydroxylation is 1. The summed E-state index contributed by atoms with van der Waals surface area (Å²) in [7, 11) is 3.21. The Morgan fingerprint density at radius 2 is 2.03 bits per heavy atom. The van der Waals surface area contributed by atoms with Crippen LogP contribution in [0.5, 0.6) is 11.5 Å². The molecule has 3 atom stereocenters. The molecule has 3 rings (SSSR count). The van der Waals surface area contributed by atoms with Gasteiger partial charge in [0.2, 0.25) is 5.91 Å². The molecular weight excluding hydrogens is 454 g/mol. The number of carbonyl (C=O) groups is 2. The van der Waals surface area contributed by atoms with Crippen LogP contribution in [-0.2, 0) is 22.7 Å². The maximum absolute atomic E-state index is 12.9. The zero-order valence-corrected chi connectivity index (χ0v) is 20.8. The summed E-state index contributed by atoms with van der Waals surface area (Å²) < 4.78 is 18.6. The van der Waals surface area contributed by atoms with Crippen molar-refractivity contribution in [1.82, 2.24) is 24.8 Å². The van der Waals surface area contributed by atoms with Crippen LogP contribution in [0, 0.1) is 5.92 Å². The van der Waals surface area contributed by atoms with Crippen molar-refractivity contribution in [2.24, 2.45) is 5.92 Å². The summed E-state index contributed by atoms with van der Waals surface area (Å²) in [6.45, 7) is 5.11. The van der Waals surface area contributed by atoms with Gasteiger partial charge in [0.05, 0.1) is 50.9 Å². The fraction of sp³-hybridized carbons (Fsp3) is 0.583. The Morgan fingerprint density at radius 3 is 2.71 bits per heavy atom. The first-order chi connectivity index (χ1) is 16.8. The lowest BCUT2D eigenvalue weighted by atomic mass is 10.0. The number of aromatic nitrogens is 3. The highest BCUT2D eigenvalue weighted by atomic mass is 16.6. The standard InChI is InChI=1S/C24H35N5O6/c1-17-13-28(18(2)15-30)23(31)6-5-11-29-19(12-25-26-29)16-34-22(17)14-27(3)24(32)35-21-9-7-20(33-4)8-10-21/h7-10,12,17-18,22,30H,5-6,11,13-16H2,1-4H3/t17-,18+,22-/m1/s1. The molecule has 0 fully saturated rings. The van der Waals surface area contributed by atoms with Crippen LogP contribution in [0.4, 0.5) is 4.79 Å². The number of rotatable bonds is 6. The maximum atomic E-state index is 12.9. The molecule has 0 saturated heterocycles. The molecule has 1 aliphatic rings. The zero-order valence-electron chi connectivity index (χ0n) is 20.8. The molecule has 11 heteroatoms. The summed E-state index contributed by atoms with van der Waals surface area (Å²) in [5.74, 6) is 0.900. The van der Waals surface area contributed by atoms with Gasteiger partial charge in [-0.2, -0.15) is 0 Å². The molecular formula is C24H35N5O6. The Kier molecular flexibility index (Phi) is 9.44. The third-order valence-corrected chi connectivity index (χ3v) is 6.17. The fourth-order valence-electron chi connectivity index (χ4n) is 3.91. The molecule has 1 N–H and O–H groups in total. The second-order valence-corrected chi connectivity index (χ2v) is 8.88. The van der Waals surface area contributed by atoms with Crippen molar-refractivity contribution in [3.05, 3.63) is 36.2 Å². The van der Waals surface area contributed by atoms with Crippen LogP contribution in [0.1, 0.15) is 32.4 Å². The zero-order chi connectivity index (χ0) is 25.4. The largest absolute Gasteiger partial charge is 0.497 e. The van der Waals surface area contributed by atoms with Crippen LogP contribution in [-0.4, -0.2) is 87.9 Å². The maximum Gasteiger partial charge on any atom is 0.415 e. The highest BCUT2D eigenvalue weighted by Gasteiger charge is 2.29. The third-order valence-electron chi connectivity index (χ3n) is 6.17. The van der Waals surface area contributed by atoms with Crippen LogP contribution in [0.2, 0.25) is 0 Å². The average molecular weight is 490 g/mol. The summed E-state index contributed by atoms with van der Waals surface area (Å²) in [5, 5.41) is 17.8. The monoisotopic (exact) mass is 489 g/mol. The molecule has 1 aliphatic heterocycles. The Labute approximate surface area is 205 Å². The summed E-state index contributed by atoms with van der Waals surface area (Å²) in [5.41, 5.74) is 0.805. The number of fused-ring (bicyclic) bond motifs is 1. The number of hydrogen-bond acceptors (Lipinski definition) is 8. The van der Waals surface area contributed by atoms with Crippen LogP contribution < -0.4 is 9.47 Å². The number of methoxy groups -OCH3 is 1. The number of benzene rings is 1. The van der Waals surface area contributed by atoms with Crippen LogP contribution in [0.15, 0.2) is 30.5 Å². The fourth-order valence-corrected chi connectivity index (χ4v) is 3.91. The van der Waals surface area contributed by atoms with Crippen molar-refractivity contribution in [2.45, 2.75) is 52.0 Å². The lowest BCUT2D eigenvalue weighted by Gasteiger charge is -2.35. The summed E-state index contributed by atoms with van der Waals surface area (Å²) in [6.07, 6.45) is 1.67. The van der Waals surface area contributed by atoms with E-state index in [1.165, 1.54) is 4.90 Å². The van der Waals surface area contributed by atoms with E-state index in [1.807, 2.05) is 13.8 Å². The number of amides is 2. The third kappa shape index (κ3) is 7.15. The lowest BCUT2D eigenvalue weighted by molar-refractivity contribution is -0.136. The molecule has 2 amide bonds. The minimum atomic E-state index is -0.527. The lowest BCUT2D eigenvalue weighted by Crippen LogP contribution is -2.48. The second kappa shape index (κ2) is 12.5. The van der Waals surface area contributed by atoms with E-state index in [0.29, 0.717) is 37.4 Å².